The number of nitrogens with one attached hydrogen (secondary N) is 2. The summed E-state index contributed by atoms with van der Waals surface area (Å²) in [5.41, 5.74) is 4.57. The Morgan fingerprint density at radius 2 is 1.21 bits per heavy atom. The number of hydrogen-bond acceptors (Lipinski definition) is 4. The monoisotopic (exact) mass is 326 g/mol. The summed E-state index contributed by atoms with van der Waals surface area (Å²) in [5.74, 6) is 1.54. The van der Waals surface area contributed by atoms with Crippen LogP contribution in [0.15, 0.2) is 34.5 Å². The molecule has 2 fully saturated rings. The summed E-state index contributed by atoms with van der Waals surface area (Å²) < 4.78 is 0. The highest BCUT2D eigenvalue weighted by atomic mass is 16.2. The Morgan fingerprint density at radius 3 is 1.54 bits per heavy atom. The molecule has 24 heavy (non-hydrogen) atoms. The highest BCUT2D eigenvalue weighted by molar-refractivity contribution is 6.35. The molecule has 0 radical (unpaired) electrons. The molecular formula is C18H22N4O2. The Kier molecular flexibility index (Phi) is 4.04. The summed E-state index contributed by atoms with van der Waals surface area (Å²) in [6.45, 7) is 0. The predicted octanol–water partition coefficient (Wildman–Crippen LogP) is 1.61. The van der Waals surface area contributed by atoms with Crippen molar-refractivity contribution < 1.29 is 9.59 Å². The molecule has 0 unspecified atom stereocenters. The minimum Gasteiger partial charge on any atom is -0.262 e. The summed E-state index contributed by atoms with van der Waals surface area (Å²) in [6.07, 6.45) is 17.0. The van der Waals surface area contributed by atoms with Crippen LogP contribution in [0, 0.1) is 35.5 Å². The second-order valence-corrected chi connectivity index (χ2v) is 7.33. The van der Waals surface area contributed by atoms with Gasteiger partial charge in [-0.05, 0) is 49.4 Å². The topological polar surface area (TPSA) is 82.9 Å². The van der Waals surface area contributed by atoms with Gasteiger partial charge in [0.2, 0.25) is 0 Å². The van der Waals surface area contributed by atoms with Gasteiger partial charge in [-0.25, -0.2) is 10.9 Å². The lowest BCUT2D eigenvalue weighted by molar-refractivity contribution is -0.139. The molecule has 6 atom stereocenters. The number of amides is 2. The molecule has 0 heterocycles. The lowest BCUT2D eigenvalue weighted by Crippen LogP contribution is -2.35. The second kappa shape index (κ2) is 6.34. The zero-order valence-electron chi connectivity index (χ0n) is 13.5. The van der Waals surface area contributed by atoms with E-state index in [1.54, 1.807) is 12.4 Å². The van der Waals surface area contributed by atoms with Gasteiger partial charge in [0.05, 0.1) is 0 Å². The molecule has 4 aliphatic rings. The van der Waals surface area contributed by atoms with Crippen LogP contribution < -0.4 is 10.9 Å². The first-order chi connectivity index (χ1) is 11.7. The maximum atomic E-state index is 11.7. The third-order valence-electron chi connectivity index (χ3n) is 5.73. The molecule has 2 saturated carbocycles. The molecule has 0 aliphatic heterocycles. The molecule has 0 aromatic heterocycles. The average Bonchev–Trinajstić information content (AvgIpc) is 3.35. The zero-order chi connectivity index (χ0) is 16.5. The minimum absolute atomic E-state index is 0.368. The summed E-state index contributed by atoms with van der Waals surface area (Å²) in [5, 5.41) is 7.86. The summed E-state index contributed by atoms with van der Waals surface area (Å²) >= 11 is 0. The van der Waals surface area contributed by atoms with Gasteiger partial charge in [0, 0.05) is 24.3 Å². The number of hydrazone groups is 2. The first-order valence-electron chi connectivity index (χ1n) is 8.72. The van der Waals surface area contributed by atoms with Crippen LogP contribution in [0.3, 0.4) is 0 Å². The van der Waals surface area contributed by atoms with E-state index in [0.717, 1.165) is 12.8 Å². The third kappa shape index (κ3) is 3.05. The molecular weight excluding hydrogens is 304 g/mol. The first-order valence-corrected chi connectivity index (χ1v) is 8.72. The van der Waals surface area contributed by atoms with E-state index in [4.69, 9.17) is 0 Å². The van der Waals surface area contributed by atoms with Crippen molar-refractivity contribution >= 4 is 24.2 Å². The summed E-state index contributed by atoms with van der Waals surface area (Å²) in [4.78, 5) is 23.4. The maximum absolute atomic E-state index is 11.7. The molecule has 6 nitrogen and oxygen atoms in total. The molecule has 0 aromatic carbocycles. The molecule has 4 aliphatic carbocycles. The smallest absolute Gasteiger partial charge is 0.262 e. The van der Waals surface area contributed by atoms with Crippen LogP contribution in [0.5, 0.6) is 0 Å². The largest absolute Gasteiger partial charge is 0.331 e. The Hall–Kier alpha value is -2.24. The molecule has 2 N–H and O–H groups in total. The minimum atomic E-state index is -0.782. The highest BCUT2D eigenvalue weighted by Gasteiger charge is 2.35. The number of nitrogens with zero attached hydrogens (tertiary/aromatic N) is 2. The quantitative estimate of drug-likeness (QED) is 0.356. The summed E-state index contributed by atoms with van der Waals surface area (Å²) in [6, 6.07) is 0. The van der Waals surface area contributed by atoms with Gasteiger partial charge in [0.1, 0.15) is 0 Å². The molecule has 2 amide bonds. The van der Waals surface area contributed by atoms with E-state index >= 15 is 0 Å². The van der Waals surface area contributed by atoms with Gasteiger partial charge in [-0.2, -0.15) is 10.2 Å². The maximum Gasteiger partial charge on any atom is 0.331 e. The van der Waals surface area contributed by atoms with Gasteiger partial charge in [-0.15, -0.1) is 0 Å². The normalized spacial score (nSPS) is 38.7. The highest BCUT2D eigenvalue weighted by Crippen LogP contribution is 2.43. The van der Waals surface area contributed by atoms with Crippen LogP contribution >= 0.6 is 0 Å². The van der Waals surface area contributed by atoms with Crippen molar-refractivity contribution in [2.24, 2.45) is 45.7 Å². The van der Waals surface area contributed by atoms with Gasteiger partial charge >= 0.3 is 11.8 Å². The van der Waals surface area contributed by atoms with Crippen LogP contribution in [0.2, 0.25) is 0 Å². The number of rotatable bonds is 4. The van der Waals surface area contributed by atoms with Crippen molar-refractivity contribution in [3.05, 3.63) is 24.3 Å². The Balaban J connectivity index is 1.19. The van der Waals surface area contributed by atoms with Gasteiger partial charge < -0.3 is 0 Å². The van der Waals surface area contributed by atoms with E-state index in [9.17, 15) is 9.59 Å². The predicted molar refractivity (Wildman–Crippen MR) is 91.0 cm³/mol. The van der Waals surface area contributed by atoms with Gasteiger partial charge in [-0.1, -0.05) is 24.3 Å². The van der Waals surface area contributed by atoms with Crippen LogP contribution in [0.25, 0.3) is 0 Å². The molecule has 0 spiro atoms. The van der Waals surface area contributed by atoms with Gasteiger partial charge in [0.15, 0.2) is 0 Å². The fraction of sp³-hybridized carbons (Fsp3) is 0.556. The van der Waals surface area contributed by atoms with Crippen LogP contribution in [-0.4, -0.2) is 24.2 Å². The molecule has 4 rings (SSSR count). The molecule has 126 valence electrons. The molecule has 0 aromatic rings. The van der Waals surface area contributed by atoms with Crippen molar-refractivity contribution in [2.75, 3.05) is 0 Å². The molecule has 6 heteroatoms. The summed E-state index contributed by atoms with van der Waals surface area (Å²) in [7, 11) is 0. The number of carbonyl (C=O) groups excluding carboxylic acids is 2. The number of carbonyl (C=O) groups is 2. The van der Waals surface area contributed by atoms with Gasteiger partial charge in [-0.3, -0.25) is 9.59 Å². The second-order valence-electron chi connectivity index (χ2n) is 7.33. The Bertz CT molecular complexity index is 595. The Labute approximate surface area is 141 Å². The van der Waals surface area contributed by atoms with Gasteiger partial charge in [0.25, 0.3) is 0 Å². The number of allylic oxidation sites excluding steroid dienone is 4. The standard InChI is InChI=1S/C18H22N4O2/c23-17(21-19-9-15-7-11-1-3-13(15)5-11)18(24)22-20-10-16-8-12-2-4-14(16)6-12/h1-4,9-16H,5-8H2,(H,21,23)(H,22,24)/b19-9-,20-10-/t11-,12-,13-,14-,15-,16+/m1/s1. The van der Waals surface area contributed by atoms with E-state index in [1.165, 1.54) is 12.8 Å². The SMILES string of the molecule is O=C(N/N=C\[C@@H]1C[C@@H]2C=C[C@@H]1C2)C(=O)N/N=C\[C@H]1C[C@@H]2C=C[C@@H]1C2. The number of hydrogen-bond donors (Lipinski definition) is 2. The van der Waals surface area contributed by atoms with E-state index < -0.39 is 11.8 Å². The lowest BCUT2D eigenvalue weighted by Gasteiger charge is -2.12. The van der Waals surface area contributed by atoms with E-state index in [2.05, 4.69) is 45.4 Å². The van der Waals surface area contributed by atoms with Crippen LogP contribution in [0.4, 0.5) is 0 Å². The van der Waals surface area contributed by atoms with Crippen molar-refractivity contribution in [3.8, 4) is 0 Å². The average molecular weight is 326 g/mol. The van der Waals surface area contributed by atoms with Crippen molar-refractivity contribution in [1.29, 1.82) is 0 Å². The fourth-order valence-corrected chi connectivity index (χ4v) is 4.47. The van der Waals surface area contributed by atoms with Crippen molar-refractivity contribution in [3.63, 3.8) is 0 Å². The van der Waals surface area contributed by atoms with Crippen LogP contribution in [0.1, 0.15) is 25.7 Å². The molecule has 4 bridgehead atoms. The van der Waals surface area contributed by atoms with E-state index in [0.29, 0.717) is 35.5 Å². The Morgan fingerprint density at radius 1 is 0.750 bits per heavy atom. The van der Waals surface area contributed by atoms with E-state index in [-0.39, 0.29) is 0 Å². The zero-order valence-corrected chi connectivity index (χ0v) is 13.5. The number of fused-ring (bicyclic) bond motifs is 4. The van der Waals surface area contributed by atoms with Crippen LogP contribution in [-0.2, 0) is 9.59 Å². The molecule has 0 saturated heterocycles. The van der Waals surface area contributed by atoms with Crippen molar-refractivity contribution in [2.45, 2.75) is 25.7 Å². The van der Waals surface area contributed by atoms with E-state index in [1.807, 2.05) is 0 Å². The van der Waals surface area contributed by atoms with Crippen molar-refractivity contribution in [1.82, 2.24) is 10.9 Å². The fourth-order valence-electron chi connectivity index (χ4n) is 4.47. The lowest BCUT2D eigenvalue weighted by atomic mass is 9.95. The third-order valence-corrected chi connectivity index (χ3v) is 5.73. The first kappa shape index (κ1) is 15.3.